The lowest BCUT2D eigenvalue weighted by molar-refractivity contribution is -0.144. The Morgan fingerprint density at radius 1 is 1.29 bits per heavy atom. The van der Waals surface area contributed by atoms with E-state index in [2.05, 4.69) is 5.32 Å². The van der Waals surface area contributed by atoms with Gasteiger partial charge in [-0.05, 0) is 39.3 Å². The number of nitrogens with zero attached hydrogens (tertiary/aromatic N) is 1. The highest BCUT2D eigenvalue weighted by atomic mass is 16.5. The summed E-state index contributed by atoms with van der Waals surface area (Å²) in [6.45, 7) is 4.13. The summed E-state index contributed by atoms with van der Waals surface area (Å²) in [6, 6.07) is 0. The van der Waals surface area contributed by atoms with E-state index < -0.39 is 5.97 Å². The Morgan fingerprint density at radius 2 is 1.95 bits per heavy atom. The van der Waals surface area contributed by atoms with Gasteiger partial charge in [-0.1, -0.05) is 0 Å². The number of carboxylic acids is 1. The second-order valence-electron chi connectivity index (χ2n) is 5.15. The van der Waals surface area contributed by atoms with Crippen molar-refractivity contribution < 1.29 is 24.2 Å². The smallest absolute Gasteiger partial charge is 0.306 e. The number of aliphatic carboxylic acids is 1. The average molecular weight is 300 g/mol. The normalized spacial score (nSPS) is 16.4. The van der Waals surface area contributed by atoms with Crippen molar-refractivity contribution in [2.75, 3.05) is 32.8 Å². The van der Waals surface area contributed by atoms with Gasteiger partial charge in [0.15, 0.2) is 0 Å². The average Bonchev–Trinajstić information content (AvgIpc) is 2.44. The number of likely N-dealkylation sites (tertiary alicyclic amines) is 1. The van der Waals surface area contributed by atoms with Crippen LogP contribution in [0.5, 0.6) is 0 Å². The Balaban J connectivity index is 2.09. The van der Waals surface area contributed by atoms with Crippen molar-refractivity contribution >= 4 is 17.8 Å². The fourth-order valence-corrected chi connectivity index (χ4v) is 2.29. The second-order valence-corrected chi connectivity index (χ2v) is 5.15. The molecule has 1 aliphatic heterocycles. The van der Waals surface area contributed by atoms with Gasteiger partial charge in [0.05, 0.1) is 19.1 Å². The van der Waals surface area contributed by atoms with E-state index in [9.17, 15) is 14.4 Å². The van der Waals surface area contributed by atoms with Gasteiger partial charge in [-0.25, -0.2) is 0 Å². The number of hydrogen-bond acceptors (Lipinski definition) is 5. The molecule has 0 aromatic rings. The minimum Gasteiger partial charge on any atom is -0.481 e. The molecule has 0 aliphatic carbocycles. The van der Waals surface area contributed by atoms with Gasteiger partial charge in [0.2, 0.25) is 5.91 Å². The number of amides is 1. The third kappa shape index (κ3) is 7.08. The summed E-state index contributed by atoms with van der Waals surface area (Å²) in [5, 5.41) is 11.7. The van der Waals surface area contributed by atoms with Gasteiger partial charge in [-0.15, -0.1) is 0 Å². The van der Waals surface area contributed by atoms with E-state index in [1.165, 1.54) is 0 Å². The van der Waals surface area contributed by atoms with Crippen molar-refractivity contribution in [3.63, 3.8) is 0 Å². The summed E-state index contributed by atoms with van der Waals surface area (Å²) in [5.41, 5.74) is 0. The molecular weight excluding hydrogens is 276 g/mol. The zero-order chi connectivity index (χ0) is 15.7. The van der Waals surface area contributed by atoms with Crippen LogP contribution in [0.15, 0.2) is 0 Å². The van der Waals surface area contributed by atoms with E-state index in [1.54, 1.807) is 6.92 Å². The summed E-state index contributed by atoms with van der Waals surface area (Å²) < 4.78 is 4.79. The number of hydrogen-bond donors (Lipinski definition) is 2. The topological polar surface area (TPSA) is 95.9 Å². The molecule has 0 aromatic carbocycles. The van der Waals surface area contributed by atoms with Crippen LogP contribution in [-0.4, -0.2) is 60.6 Å². The molecule has 0 bridgehead atoms. The van der Waals surface area contributed by atoms with E-state index >= 15 is 0 Å². The van der Waals surface area contributed by atoms with E-state index in [-0.39, 0.29) is 24.3 Å². The third-order valence-corrected chi connectivity index (χ3v) is 3.49. The highest BCUT2D eigenvalue weighted by Crippen LogP contribution is 2.16. The number of carboxylic acid groups (broad SMARTS) is 1. The number of rotatable bonds is 8. The van der Waals surface area contributed by atoms with Crippen LogP contribution in [-0.2, 0) is 19.1 Å². The molecule has 0 atom stereocenters. The second kappa shape index (κ2) is 9.33. The van der Waals surface area contributed by atoms with E-state index in [0.29, 0.717) is 51.9 Å². The van der Waals surface area contributed by atoms with Crippen LogP contribution in [0.4, 0.5) is 0 Å². The van der Waals surface area contributed by atoms with Crippen molar-refractivity contribution in [3.8, 4) is 0 Å². The largest absolute Gasteiger partial charge is 0.481 e. The van der Waals surface area contributed by atoms with Crippen molar-refractivity contribution in [2.45, 2.75) is 32.6 Å². The quantitative estimate of drug-likeness (QED) is 0.492. The monoisotopic (exact) mass is 300 g/mol. The number of carbonyl (C=O) groups is 3. The van der Waals surface area contributed by atoms with Crippen LogP contribution >= 0.6 is 0 Å². The Morgan fingerprint density at radius 3 is 2.52 bits per heavy atom. The number of carbonyl (C=O) groups excluding carboxylic acids is 2. The maximum absolute atomic E-state index is 11.7. The van der Waals surface area contributed by atoms with Crippen LogP contribution < -0.4 is 5.32 Å². The van der Waals surface area contributed by atoms with Gasteiger partial charge in [0.25, 0.3) is 0 Å². The fraction of sp³-hybridized carbons (Fsp3) is 0.786. The first-order chi connectivity index (χ1) is 10.0. The van der Waals surface area contributed by atoms with E-state index in [0.717, 1.165) is 0 Å². The molecule has 7 heteroatoms. The summed E-state index contributed by atoms with van der Waals surface area (Å²) in [7, 11) is 0. The minimum atomic E-state index is -0.752. The minimum absolute atomic E-state index is 0.0902. The fourth-order valence-electron chi connectivity index (χ4n) is 2.29. The Hall–Kier alpha value is -1.63. The van der Waals surface area contributed by atoms with Crippen LogP contribution in [0.3, 0.4) is 0 Å². The van der Waals surface area contributed by atoms with Crippen LogP contribution in [0.25, 0.3) is 0 Å². The molecule has 0 saturated carbocycles. The maximum atomic E-state index is 11.7. The Bertz CT molecular complexity index is 364. The number of esters is 1. The molecule has 1 saturated heterocycles. The first-order valence-corrected chi connectivity index (χ1v) is 7.40. The summed E-state index contributed by atoms with van der Waals surface area (Å²) in [6.07, 6.45) is 2.04. The molecule has 1 aliphatic rings. The lowest BCUT2D eigenvalue weighted by Crippen LogP contribution is -2.42. The molecule has 0 spiro atoms. The number of ether oxygens (including phenoxy) is 1. The van der Waals surface area contributed by atoms with Gasteiger partial charge in [-0.2, -0.15) is 0 Å². The molecule has 2 N–H and O–H groups in total. The van der Waals surface area contributed by atoms with Gasteiger partial charge < -0.3 is 15.2 Å². The lowest BCUT2D eigenvalue weighted by Gasteiger charge is -2.29. The van der Waals surface area contributed by atoms with Crippen LogP contribution in [0.1, 0.15) is 32.6 Å². The summed E-state index contributed by atoms with van der Waals surface area (Å²) in [4.78, 5) is 35.6. The molecule has 1 fully saturated rings. The van der Waals surface area contributed by atoms with E-state index in [4.69, 9.17) is 9.84 Å². The predicted octanol–water partition coefficient (Wildman–Crippen LogP) is 0.243. The molecule has 1 heterocycles. The van der Waals surface area contributed by atoms with Crippen LogP contribution in [0.2, 0.25) is 0 Å². The van der Waals surface area contributed by atoms with Gasteiger partial charge in [-0.3, -0.25) is 19.3 Å². The van der Waals surface area contributed by atoms with Gasteiger partial charge in [0.1, 0.15) is 0 Å². The predicted molar refractivity (Wildman–Crippen MR) is 75.7 cm³/mol. The third-order valence-electron chi connectivity index (χ3n) is 3.49. The highest BCUT2D eigenvalue weighted by Gasteiger charge is 2.25. The molecule has 1 amide bonds. The van der Waals surface area contributed by atoms with Gasteiger partial charge in [0, 0.05) is 13.0 Å². The first-order valence-electron chi connectivity index (χ1n) is 7.40. The Labute approximate surface area is 124 Å². The maximum Gasteiger partial charge on any atom is 0.306 e. The highest BCUT2D eigenvalue weighted by molar-refractivity contribution is 5.78. The molecule has 7 nitrogen and oxygen atoms in total. The number of nitrogens with one attached hydrogen (secondary N) is 1. The van der Waals surface area contributed by atoms with Gasteiger partial charge >= 0.3 is 11.9 Å². The molecule has 120 valence electrons. The molecule has 0 radical (unpaired) electrons. The number of piperidine rings is 1. The lowest BCUT2D eigenvalue weighted by atomic mass is 9.97. The SMILES string of the molecule is CCOC(=O)CCCNC(=O)CN1CCC(C(=O)O)CC1. The molecule has 1 rings (SSSR count). The zero-order valence-electron chi connectivity index (χ0n) is 12.5. The van der Waals surface area contributed by atoms with Crippen molar-refractivity contribution in [1.29, 1.82) is 0 Å². The first kappa shape index (κ1) is 17.4. The molecule has 0 unspecified atom stereocenters. The van der Waals surface area contributed by atoms with E-state index in [1.807, 2.05) is 4.90 Å². The Kier molecular flexibility index (Phi) is 7.74. The molecular formula is C14H24N2O5. The summed E-state index contributed by atoms with van der Waals surface area (Å²) in [5.74, 6) is -1.37. The zero-order valence-corrected chi connectivity index (χ0v) is 12.5. The van der Waals surface area contributed by atoms with Crippen molar-refractivity contribution in [3.05, 3.63) is 0 Å². The molecule has 21 heavy (non-hydrogen) atoms. The van der Waals surface area contributed by atoms with Crippen molar-refractivity contribution in [2.24, 2.45) is 5.92 Å². The standard InChI is InChI=1S/C14H24N2O5/c1-2-21-13(18)4-3-7-15-12(17)10-16-8-5-11(6-9-16)14(19)20/h11H,2-10H2,1H3,(H,15,17)(H,19,20). The van der Waals surface area contributed by atoms with Crippen molar-refractivity contribution in [1.82, 2.24) is 10.2 Å². The van der Waals surface area contributed by atoms with Crippen LogP contribution in [0, 0.1) is 5.92 Å². The summed E-state index contributed by atoms with van der Waals surface area (Å²) >= 11 is 0. The molecule has 0 aromatic heterocycles.